The zero-order valence-corrected chi connectivity index (χ0v) is 31.9. The lowest BCUT2D eigenvalue weighted by molar-refractivity contribution is -0.120. The number of piperidine rings is 1. The average Bonchev–Trinajstić information content (AvgIpc) is 3.54. The van der Waals surface area contributed by atoms with E-state index >= 15 is 0 Å². The number of hydrogen-bond donors (Lipinski definition) is 3. The molecule has 1 aliphatic carbocycles. The Hall–Kier alpha value is -6.33. The highest BCUT2D eigenvalue weighted by Crippen LogP contribution is 2.40. The largest absolute Gasteiger partial charge is 0.385 e. The van der Waals surface area contributed by atoms with Gasteiger partial charge in [-0.1, -0.05) is 36.1 Å². The maximum atomic E-state index is 13.5. The Balaban J connectivity index is 0.847. The van der Waals surface area contributed by atoms with Crippen LogP contribution in [-0.2, 0) is 17.8 Å². The fraction of sp³-hybridized carbons (Fsp3) is 0.349. The number of rotatable bonds is 8. The molecule has 0 spiro atoms. The summed E-state index contributed by atoms with van der Waals surface area (Å²) in [6, 6.07) is 17.4. The Kier molecular flexibility index (Phi) is 9.53. The van der Waals surface area contributed by atoms with Crippen LogP contribution in [-0.4, -0.2) is 87.8 Å². The number of carbonyl (C=O) groups is 3. The molecule has 3 aromatic heterocycles. The van der Waals surface area contributed by atoms with E-state index in [1.54, 1.807) is 4.90 Å². The molecule has 3 aliphatic heterocycles. The average molecular weight is 767 g/mol. The molecule has 290 valence electrons. The smallest absolute Gasteiger partial charge is 0.328 e. The van der Waals surface area contributed by atoms with E-state index in [1.807, 2.05) is 50.5 Å². The van der Waals surface area contributed by atoms with Crippen LogP contribution in [0.25, 0.3) is 16.9 Å². The number of nitrogens with one attached hydrogen (secondary N) is 3. The number of imide groups is 1. The summed E-state index contributed by atoms with van der Waals surface area (Å²) in [6.07, 6.45) is 5.84. The lowest BCUT2D eigenvalue weighted by Gasteiger charge is -2.29. The Morgan fingerprint density at radius 1 is 0.965 bits per heavy atom. The van der Waals surface area contributed by atoms with Crippen molar-refractivity contribution in [2.24, 2.45) is 5.92 Å². The van der Waals surface area contributed by atoms with E-state index in [2.05, 4.69) is 66.8 Å². The van der Waals surface area contributed by atoms with Crippen molar-refractivity contribution in [3.63, 3.8) is 0 Å². The number of fused-ring (bicyclic) bond motifs is 2. The molecule has 14 heteroatoms. The number of anilines is 4. The molecular weight excluding hydrogens is 724 g/mol. The van der Waals surface area contributed by atoms with Gasteiger partial charge in [0, 0.05) is 80.2 Å². The Labute approximate surface area is 329 Å². The summed E-state index contributed by atoms with van der Waals surface area (Å²) in [6.45, 7) is 5.77. The third kappa shape index (κ3) is 7.15. The first-order chi connectivity index (χ1) is 27.7. The molecule has 0 unspecified atom stereocenters. The van der Waals surface area contributed by atoms with Crippen molar-refractivity contribution < 1.29 is 18.8 Å². The van der Waals surface area contributed by atoms with Crippen LogP contribution in [0.3, 0.4) is 0 Å². The molecule has 2 atom stereocenters. The van der Waals surface area contributed by atoms with Crippen LogP contribution in [0.1, 0.15) is 58.4 Å². The molecule has 2 aromatic carbocycles. The lowest BCUT2D eigenvalue weighted by Crippen LogP contribution is -2.49. The van der Waals surface area contributed by atoms with Gasteiger partial charge in [-0.3, -0.25) is 29.7 Å². The number of hydrogen-bond acceptors (Lipinski definition) is 9. The van der Waals surface area contributed by atoms with E-state index in [0.717, 1.165) is 83.9 Å². The van der Waals surface area contributed by atoms with Crippen molar-refractivity contribution in [1.82, 2.24) is 35.1 Å². The van der Waals surface area contributed by atoms with Crippen molar-refractivity contribution in [3.05, 3.63) is 94.9 Å². The van der Waals surface area contributed by atoms with Crippen LogP contribution in [0, 0.1) is 24.7 Å². The molecule has 2 saturated heterocycles. The number of halogens is 1. The SMILES string of the molecule is CNc1cc(N2CCc3c(-c4ccc(CN5CCC(C#Cc6cccc(N7CCC(=O)NC7=O)c6C)CC5)cn4)cccc32)nn2c(C(=O)N[C@@H]3C[C@@H]3F)cnc12. The third-order valence-electron chi connectivity index (χ3n) is 11.4. The number of amides is 4. The molecule has 5 aromatic rings. The van der Waals surface area contributed by atoms with E-state index in [4.69, 9.17) is 10.1 Å². The maximum absolute atomic E-state index is 13.5. The van der Waals surface area contributed by atoms with E-state index < -0.39 is 18.1 Å². The highest BCUT2D eigenvalue weighted by atomic mass is 19.1. The standard InChI is InChI=1S/C43H43FN10O3/c1-26-29(5-3-7-36(26)53-20-16-40(55)49-43(53)57)11-9-27-13-17-51(18-14-27)25-28-10-12-33(46-23-28)30-6-4-8-37-31(30)15-19-52(37)39-22-35(45-2)41-47-24-38(54(41)50-39)42(56)48-34-21-32(34)44/h3-8,10,12,22-24,27,32,34,45H,13-21,25H2,1-2H3,(H,48,56)(H,49,55,57)/t32-,34+/m0/s1. The molecule has 0 radical (unpaired) electrons. The fourth-order valence-electron chi connectivity index (χ4n) is 8.09. The normalized spacial score (nSPS) is 19.6. The molecular formula is C43H43FN10O3. The number of nitrogens with zero attached hydrogens (tertiary/aromatic N) is 7. The van der Waals surface area contributed by atoms with Gasteiger partial charge in [0.2, 0.25) is 5.91 Å². The minimum absolute atomic E-state index is 0.245. The van der Waals surface area contributed by atoms with Crippen LogP contribution < -0.4 is 25.8 Å². The van der Waals surface area contributed by atoms with Gasteiger partial charge in [0.1, 0.15) is 6.17 Å². The van der Waals surface area contributed by atoms with Crippen LogP contribution in [0.5, 0.6) is 0 Å². The molecule has 6 heterocycles. The van der Waals surface area contributed by atoms with E-state index in [-0.39, 0.29) is 24.1 Å². The molecule has 1 saturated carbocycles. The number of alkyl halides is 1. The van der Waals surface area contributed by atoms with Gasteiger partial charge < -0.3 is 15.5 Å². The zero-order chi connectivity index (χ0) is 39.2. The summed E-state index contributed by atoms with van der Waals surface area (Å²) in [4.78, 5) is 52.6. The molecule has 0 bridgehead atoms. The van der Waals surface area contributed by atoms with Gasteiger partial charge in [0.05, 0.1) is 23.6 Å². The Bertz CT molecular complexity index is 2460. The number of aromatic nitrogens is 4. The minimum Gasteiger partial charge on any atom is -0.385 e. The number of benzene rings is 2. The van der Waals surface area contributed by atoms with Gasteiger partial charge in [-0.15, -0.1) is 5.10 Å². The topological polar surface area (TPSA) is 140 Å². The van der Waals surface area contributed by atoms with Crippen molar-refractivity contribution in [1.29, 1.82) is 0 Å². The molecule has 13 nitrogen and oxygen atoms in total. The molecule has 3 fully saturated rings. The van der Waals surface area contributed by atoms with Crippen LogP contribution >= 0.6 is 0 Å². The van der Waals surface area contributed by atoms with Crippen LogP contribution in [0.2, 0.25) is 0 Å². The predicted octanol–water partition coefficient (Wildman–Crippen LogP) is 5.39. The van der Waals surface area contributed by atoms with E-state index in [0.29, 0.717) is 36.9 Å². The molecule has 9 rings (SSSR count). The first-order valence-corrected chi connectivity index (χ1v) is 19.5. The van der Waals surface area contributed by atoms with Gasteiger partial charge in [-0.25, -0.2) is 18.7 Å². The predicted molar refractivity (Wildman–Crippen MR) is 215 cm³/mol. The minimum atomic E-state index is -1.00. The summed E-state index contributed by atoms with van der Waals surface area (Å²) < 4.78 is 15.1. The van der Waals surface area contributed by atoms with Crippen LogP contribution in [0.4, 0.5) is 32.1 Å². The Morgan fingerprint density at radius 3 is 2.51 bits per heavy atom. The number of urea groups is 1. The van der Waals surface area contributed by atoms with Gasteiger partial charge in [-0.2, -0.15) is 0 Å². The highest BCUT2D eigenvalue weighted by Gasteiger charge is 2.39. The molecule has 3 N–H and O–H groups in total. The maximum Gasteiger partial charge on any atom is 0.328 e. The third-order valence-corrected chi connectivity index (χ3v) is 11.4. The quantitative estimate of drug-likeness (QED) is 0.178. The van der Waals surface area contributed by atoms with Crippen molar-refractivity contribution >= 4 is 46.4 Å². The number of pyridine rings is 1. The Morgan fingerprint density at radius 2 is 1.75 bits per heavy atom. The summed E-state index contributed by atoms with van der Waals surface area (Å²) >= 11 is 0. The number of likely N-dealkylation sites (tertiary alicyclic amines) is 1. The first kappa shape index (κ1) is 36.3. The lowest BCUT2D eigenvalue weighted by atomic mass is 9.96. The zero-order valence-electron chi connectivity index (χ0n) is 31.9. The van der Waals surface area contributed by atoms with Gasteiger partial charge >= 0.3 is 6.03 Å². The van der Waals surface area contributed by atoms with Crippen molar-refractivity contribution in [2.45, 2.75) is 57.8 Å². The van der Waals surface area contributed by atoms with Gasteiger partial charge in [0.15, 0.2) is 17.2 Å². The summed E-state index contributed by atoms with van der Waals surface area (Å²) in [7, 11) is 1.81. The van der Waals surface area contributed by atoms with Gasteiger partial charge in [0.25, 0.3) is 5.91 Å². The monoisotopic (exact) mass is 766 g/mol. The number of imidazole rings is 1. The second-order valence-electron chi connectivity index (χ2n) is 15.2. The molecule has 4 aliphatic rings. The first-order valence-electron chi connectivity index (χ1n) is 19.5. The van der Waals surface area contributed by atoms with Gasteiger partial charge in [-0.05, 0) is 80.2 Å². The van der Waals surface area contributed by atoms with Crippen molar-refractivity contribution in [2.75, 3.05) is 48.3 Å². The number of carbonyl (C=O) groups excluding carboxylic acids is 3. The van der Waals surface area contributed by atoms with Crippen LogP contribution in [0.15, 0.2) is 67.0 Å². The van der Waals surface area contributed by atoms with E-state index in [1.165, 1.54) is 16.3 Å². The fourth-order valence-corrected chi connectivity index (χ4v) is 8.09. The second kappa shape index (κ2) is 15.0. The van der Waals surface area contributed by atoms with E-state index in [9.17, 15) is 18.8 Å². The van der Waals surface area contributed by atoms with Crippen molar-refractivity contribution in [3.8, 4) is 23.1 Å². The highest BCUT2D eigenvalue weighted by molar-refractivity contribution is 6.06. The molecule has 4 amide bonds. The second-order valence-corrected chi connectivity index (χ2v) is 15.2. The summed E-state index contributed by atoms with van der Waals surface area (Å²) in [5.41, 5.74) is 9.54. The summed E-state index contributed by atoms with van der Waals surface area (Å²) in [5, 5.41) is 13.2. The summed E-state index contributed by atoms with van der Waals surface area (Å²) in [5.74, 6) is 7.21. The molecule has 57 heavy (non-hydrogen) atoms.